The van der Waals surface area contributed by atoms with Crippen molar-refractivity contribution in [1.29, 1.82) is 0 Å². The maximum absolute atomic E-state index is 10.2. The number of aliphatic hydroxyl groups excluding tert-OH is 1. The number of aromatic nitrogens is 2. The van der Waals surface area contributed by atoms with Crippen molar-refractivity contribution < 1.29 is 9.84 Å². The second kappa shape index (κ2) is 7.89. The first kappa shape index (κ1) is 17.8. The molecule has 0 radical (unpaired) electrons. The van der Waals surface area contributed by atoms with E-state index in [-0.39, 0.29) is 0 Å². The van der Waals surface area contributed by atoms with Gasteiger partial charge in [-0.1, -0.05) is 18.2 Å². The Hall–Kier alpha value is -2.05. The number of rotatable bonds is 7. The van der Waals surface area contributed by atoms with Gasteiger partial charge in [-0.3, -0.25) is 0 Å². The topological polar surface area (TPSA) is 71.3 Å². The number of hydrogen-bond acceptors (Lipinski definition) is 5. The van der Waals surface area contributed by atoms with Gasteiger partial charge >= 0.3 is 0 Å². The molecule has 6 heteroatoms. The molecular weight excluding hydrogens is 316 g/mol. The van der Waals surface area contributed by atoms with Gasteiger partial charge in [0.1, 0.15) is 24.3 Å². The van der Waals surface area contributed by atoms with Crippen LogP contribution in [0.3, 0.4) is 0 Å². The number of aliphatic hydroxyl groups is 1. The van der Waals surface area contributed by atoms with E-state index in [2.05, 4.69) is 21.8 Å². The van der Waals surface area contributed by atoms with E-state index >= 15 is 0 Å². The summed E-state index contributed by atoms with van der Waals surface area (Å²) >= 11 is 0. The first-order chi connectivity index (χ1) is 12.0. The maximum atomic E-state index is 10.2. The summed E-state index contributed by atoms with van der Waals surface area (Å²) < 4.78 is 7.82. The number of anilines is 1. The third-order valence-electron chi connectivity index (χ3n) is 4.55. The van der Waals surface area contributed by atoms with Crippen LogP contribution in [0.5, 0.6) is 5.75 Å². The van der Waals surface area contributed by atoms with Crippen LogP contribution in [-0.4, -0.2) is 47.2 Å². The molecule has 1 aromatic heterocycles. The van der Waals surface area contributed by atoms with Crippen molar-refractivity contribution in [2.45, 2.75) is 33.4 Å². The second-order valence-electron chi connectivity index (χ2n) is 6.94. The van der Waals surface area contributed by atoms with Crippen LogP contribution in [-0.2, 0) is 6.54 Å². The monoisotopic (exact) mass is 344 g/mol. The van der Waals surface area contributed by atoms with Crippen molar-refractivity contribution in [2.75, 3.05) is 31.6 Å². The molecule has 2 atom stereocenters. The summed E-state index contributed by atoms with van der Waals surface area (Å²) in [6, 6.07) is 8.13. The number of benzene rings is 1. The van der Waals surface area contributed by atoms with Crippen LogP contribution in [0.2, 0.25) is 0 Å². The maximum Gasteiger partial charge on any atom is 0.125 e. The molecule has 0 aliphatic carbocycles. The zero-order valence-corrected chi connectivity index (χ0v) is 15.2. The van der Waals surface area contributed by atoms with Crippen LogP contribution in [0.4, 0.5) is 5.82 Å². The van der Waals surface area contributed by atoms with E-state index < -0.39 is 6.10 Å². The Morgan fingerprint density at radius 1 is 1.36 bits per heavy atom. The Morgan fingerprint density at radius 2 is 2.12 bits per heavy atom. The quantitative estimate of drug-likeness (QED) is 0.715. The number of aryl methyl sites for hydroxylation is 3. The molecule has 1 aliphatic rings. The Labute approximate surface area is 149 Å². The highest BCUT2D eigenvalue weighted by molar-refractivity contribution is 5.40. The van der Waals surface area contributed by atoms with Crippen molar-refractivity contribution in [2.24, 2.45) is 5.92 Å². The minimum Gasteiger partial charge on any atom is -0.490 e. The number of fused-ring (bicyclic) bond motifs is 1. The molecule has 1 aliphatic heterocycles. The third-order valence-corrected chi connectivity index (χ3v) is 4.55. The lowest BCUT2D eigenvalue weighted by atomic mass is 10.1. The summed E-state index contributed by atoms with van der Waals surface area (Å²) in [6.45, 7) is 9.53. The number of ether oxygens (including phenoxy) is 1. The van der Waals surface area contributed by atoms with E-state index in [1.165, 1.54) is 0 Å². The number of nitrogens with zero attached hydrogens (tertiary/aromatic N) is 2. The fourth-order valence-electron chi connectivity index (χ4n) is 3.24. The minimum absolute atomic E-state index is 0.296. The molecule has 0 unspecified atom stereocenters. The Bertz CT molecular complexity index is 693. The van der Waals surface area contributed by atoms with E-state index in [4.69, 9.17) is 4.74 Å². The van der Waals surface area contributed by atoms with Crippen molar-refractivity contribution >= 4 is 5.82 Å². The smallest absolute Gasteiger partial charge is 0.125 e. The molecule has 25 heavy (non-hydrogen) atoms. The average molecular weight is 344 g/mol. The van der Waals surface area contributed by atoms with E-state index in [9.17, 15) is 5.11 Å². The molecular formula is C19H28N4O2. The molecule has 0 fully saturated rings. The van der Waals surface area contributed by atoms with Crippen LogP contribution in [0.15, 0.2) is 24.3 Å². The molecule has 0 saturated carbocycles. The SMILES string of the molecule is Cc1cc2n(n1)C[C@H](CNC[C@@H](O)COc1c(C)cccc1C)CN2. The predicted octanol–water partition coefficient (Wildman–Crippen LogP) is 1.88. The molecule has 2 heterocycles. The first-order valence-corrected chi connectivity index (χ1v) is 8.89. The highest BCUT2D eigenvalue weighted by Crippen LogP contribution is 2.22. The highest BCUT2D eigenvalue weighted by Gasteiger charge is 2.19. The fraction of sp³-hybridized carbons (Fsp3) is 0.526. The van der Waals surface area contributed by atoms with Gasteiger partial charge < -0.3 is 20.5 Å². The van der Waals surface area contributed by atoms with Crippen molar-refractivity contribution in [3.8, 4) is 5.75 Å². The molecule has 0 amide bonds. The molecule has 0 bridgehead atoms. The lowest BCUT2D eigenvalue weighted by Crippen LogP contribution is -2.39. The van der Waals surface area contributed by atoms with Crippen LogP contribution in [0.25, 0.3) is 0 Å². The van der Waals surface area contributed by atoms with Gasteiger partial charge in [-0.2, -0.15) is 5.10 Å². The van der Waals surface area contributed by atoms with Crippen LogP contribution < -0.4 is 15.4 Å². The minimum atomic E-state index is -0.530. The summed E-state index contributed by atoms with van der Waals surface area (Å²) in [4.78, 5) is 0. The van der Waals surface area contributed by atoms with Gasteiger partial charge in [0.15, 0.2) is 0 Å². The number of hydrogen-bond donors (Lipinski definition) is 3. The normalized spacial score (nSPS) is 17.7. The van der Waals surface area contributed by atoms with Crippen molar-refractivity contribution in [1.82, 2.24) is 15.1 Å². The van der Waals surface area contributed by atoms with Crippen molar-refractivity contribution in [3.63, 3.8) is 0 Å². The molecule has 0 saturated heterocycles. The summed E-state index contributed by atoms with van der Waals surface area (Å²) in [6.07, 6.45) is -0.530. The Kier molecular flexibility index (Phi) is 5.60. The van der Waals surface area contributed by atoms with Gasteiger partial charge in [0.25, 0.3) is 0 Å². The Balaban J connectivity index is 1.39. The van der Waals surface area contributed by atoms with E-state index in [1.807, 2.05) is 43.7 Å². The predicted molar refractivity (Wildman–Crippen MR) is 99.2 cm³/mol. The van der Waals surface area contributed by atoms with Crippen LogP contribution >= 0.6 is 0 Å². The van der Waals surface area contributed by atoms with Gasteiger partial charge in [-0.15, -0.1) is 0 Å². The first-order valence-electron chi connectivity index (χ1n) is 8.89. The molecule has 0 spiro atoms. The van der Waals surface area contributed by atoms with Gasteiger partial charge in [-0.05, 0) is 31.9 Å². The fourth-order valence-corrected chi connectivity index (χ4v) is 3.24. The summed E-state index contributed by atoms with van der Waals surface area (Å²) in [5.41, 5.74) is 3.23. The molecule has 1 aromatic carbocycles. The summed E-state index contributed by atoms with van der Waals surface area (Å²) in [7, 11) is 0. The molecule has 6 nitrogen and oxygen atoms in total. The average Bonchev–Trinajstić information content (AvgIpc) is 2.93. The largest absolute Gasteiger partial charge is 0.490 e. The van der Waals surface area contributed by atoms with Crippen molar-refractivity contribution in [3.05, 3.63) is 41.1 Å². The van der Waals surface area contributed by atoms with E-state index in [1.54, 1.807) is 0 Å². The molecule has 3 N–H and O–H groups in total. The molecule has 136 valence electrons. The van der Waals surface area contributed by atoms with Gasteiger partial charge in [0.05, 0.1) is 5.69 Å². The van der Waals surface area contributed by atoms with Gasteiger partial charge in [-0.25, -0.2) is 4.68 Å². The zero-order valence-electron chi connectivity index (χ0n) is 15.2. The van der Waals surface area contributed by atoms with E-state index in [0.29, 0.717) is 19.1 Å². The molecule has 3 rings (SSSR count). The van der Waals surface area contributed by atoms with Gasteiger partial charge in [0, 0.05) is 38.2 Å². The lowest BCUT2D eigenvalue weighted by molar-refractivity contribution is 0.104. The molecule has 2 aromatic rings. The zero-order chi connectivity index (χ0) is 17.8. The Morgan fingerprint density at radius 3 is 2.88 bits per heavy atom. The van der Waals surface area contributed by atoms with Crippen LogP contribution in [0, 0.1) is 26.7 Å². The number of para-hydroxylation sites is 1. The summed E-state index contributed by atoms with van der Waals surface area (Å²) in [5, 5.41) is 21.4. The highest BCUT2D eigenvalue weighted by atomic mass is 16.5. The number of nitrogens with one attached hydrogen (secondary N) is 2. The standard InChI is InChI=1S/C19H28N4O2/c1-13-5-4-6-14(2)19(13)25-12-17(24)10-20-8-16-9-21-18-7-15(3)22-23(18)11-16/h4-7,16-17,20-21,24H,8-12H2,1-3H3/t16-,17-/m1/s1. The summed E-state index contributed by atoms with van der Waals surface area (Å²) in [5.74, 6) is 2.42. The lowest BCUT2D eigenvalue weighted by Gasteiger charge is -2.25. The third kappa shape index (κ3) is 4.52. The second-order valence-corrected chi connectivity index (χ2v) is 6.94. The van der Waals surface area contributed by atoms with E-state index in [0.717, 1.165) is 48.0 Å². The van der Waals surface area contributed by atoms with Gasteiger partial charge in [0.2, 0.25) is 0 Å². The van der Waals surface area contributed by atoms with Crippen LogP contribution in [0.1, 0.15) is 16.8 Å².